The molecule has 6 heteroatoms. The van der Waals surface area contributed by atoms with E-state index >= 15 is 0 Å². The number of aromatic nitrogens is 2. The number of hydrogen-bond donors (Lipinski definition) is 1. The van der Waals surface area contributed by atoms with Crippen LogP contribution in [0.3, 0.4) is 0 Å². The molecule has 0 aliphatic carbocycles. The zero-order valence-corrected chi connectivity index (χ0v) is 13.9. The molecule has 1 N–H and O–H groups in total. The Hall–Kier alpha value is -0.110. The zero-order valence-electron chi connectivity index (χ0n) is 10.2. The molecule has 3 nitrogen and oxygen atoms in total. The maximum Gasteiger partial charge on any atom is 0.0854 e. The summed E-state index contributed by atoms with van der Waals surface area (Å²) >= 11 is 10.1. The van der Waals surface area contributed by atoms with Crippen molar-refractivity contribution in [2.24, 2.45) is 0 Å². The highest BCUT2D eigenvalue weighted by atomic mass is 127. The van der Waals surface area contributed by atoms with Crippen LogP contribution in [0, 0.1) is 9.81 Å². The minimum Gasteiger partial charge on any atom is -0.388 e. The first-order chi connectivity index (χ1) is 8.52. The van der Waals surface area contributed by atoms with Gasteiger partial charge in [-0.15, -0.1) is 11.3 Å². The van der Waals surface area contributed by atoms with Crippen molar-refractivity contribution in [3.05, 3.63) is 36.3 Å². The molecule has 2 heterocycles. The second-order valence-corrected chi connectivity index (χ2v) is 7.25. The van der Waals surface area contributed by atoms with E-state index in [0.29, 0.717) is 11.4 Å². The molecular weight excluding hydrogens is 383 g/mol. The number of hydrogen-bond acceptors (Lipinski definition) is 3. The largest absolute Gasteiger partial charge is 0.388 e. The third-order valence-electron chi connectivity index (χ3n) is 2.81. The van der Waals surface area contributed by atoms with Crippen LogP contribution in [0.4, 0.5) is 0 Å². The van der Waals surface area contributed by atoms with Crippen molar-refractivity contribution in [1.29, 1.82) is 0 Å². The smallest absolute Gasteiger partial charge is 0.0854 e. The summed E-state index contributed by atoms with van der Waals surface area (Å²) in [5.41, 5.74) is 2.67. The summed E-state index contributed by atoms with van der Waals surface area (Å²) in [7, 11) is 0. The number of thiophene rings is 1. The molecule has 98 valence electrons. The van der Waals surface area contributed by atoms with Crippen LogP contribution in [0.15, 0.2) is 11.4 Å². The maximum absolute atomic E-state index is 10.2. The number of aliphatic hydroxyl groups is 1. The van der Waals surface area contributed by atoms with E-state index in [0.717, 1.165) is 23.5 Å². The first kappa shape index (κ1) is 14.3. The third-order valence-corrected chi connectivity index (χ3v) is 5.11. The molecule has 1 atom stereocenters. The molecule has 18 heavy (non-hydrogen) atoms. The second-order valence-electron chi connectivity index (χ2n) is 4.07. The van der Waals surface area contributed by atoms with Crippen molar-refractivity contribution >= 4 is 45.5 Å². The van der Waals surface area contributed by atoms with Crippen molar-refractivity contribution in [2.75, 3.05) is 0 Å². The van der Waals surface area contributed by atoms with Gasteiger partial charge >= 0.3 is 0 Å². The van der Waals surface area contributed by atoms with E-state index in [9.17, 15) is 5.11 Å². The zero-order chi connectivity index (χ0) is 13.3. The van der Waals surface area contributed by atoms with Crippen molar-refractivity contribution in [3.8, 4) is 0 Å². The predicted molar refractivity (Wildman–Crippen MR) is 83.3 cm³/mol. The minimum absolute atomic E-state index is 0.500. The van der Waals surface area contributed by atoms with Gasteiger partial charge in [-0.3, -0.25) is 4.68 Å². The van der Waals surface area contributed by atoms with Crippen molar-refractivity contribution in [3.63, 3.8) is 0 Å². The van der Waals surface area contributed by atoms with Crippen molar-refractivity contribution in [1.82, 2.24) is 9.78 Å². The number of aliphatic hydroxyl groups excluding tert-OH is 1. The molecular formula is C12H14ClIN2OS. The van der Waals surface area contributed by atoms with Crippen molar-refractivity contribution in [2.45, 2.75) is 32.9 Å². The number of rotatable bonds is 4. The van der Waals surface area contributed by atoms with Gasteiger partial charge in [-0.2, -0.15) is 5.10 Å². The van der Waals surface area contributed by atoms with Gasteiger partial charge in [0.1, 0.15) is 0 Å². The van der Waals surface area contributed by atoms with Gasteiger partial charge in [0.25, 0.3) is 0 Å². The highest BCUT2D eigenvalue weighted by Gasteiger charge is 2.18. The normalized spacial score (nSPS) is 12.9. The predicted octanol–water partition coefficient (Wildman–Crippen LogP) is 3.81. The average Bonchev–Trinajstić information content (AvgIpc) is 2.88. The number of aryl methyl sites for hydroxylation is 2. The molecule has 2 aromatic rings. The Morgan fingerprint density at radius 1 is 1.61 bits per heavy atom. The van der Waals surface area contributed by atoms with Crippen molar-refractivity contribution < 1.29 is 5.11 Å². The molecule has 1 unspecified atom stereocenters. The molecule has 0 aliphatic heterocycles. The summed E-state index contributed by atoms with van der Waals surface area (Å²) in [4.78, 5) is 0. The van der Waals surface area contributed by atoms with Gasteiger partial charge < -0.3 is 5.11 Å². The summed E-state index contributed by atoms with van der Waals surface area (Å²) in [6.45, 7) is 4.67. The maximum atomic E-state index is 10.2. The second kappa shape index (κ2) is 5.90. The molecule has 0 aromatic carbocycles. The van der Waals surface area contributed by atoms with Gasteiger partial charge in [0.15, 0.2) is 0 Å². The molecule has 2 aromatic heterocycles. The van der Waals surface area contributed by atoms with Crippen LogP contribution in [-0.4, -0.2) is 14.9 Å². The number of halogens is 2. The fraction of sp³-hybridized carbons (Fsp3) is 0.417. The molecule has 0 saturated carbocycles. The minimum atomic E-state index is -0.524. The fourth-order valence-corrected chi connectivity index (χ4v) is 3.49. The van der Waals surface area contributed by atoms with Crippen LogP contribution < -0.4 is 0 Å². The lowest BCUT2D eigenvalue weighted by Gasteiger charge is -2.10. The molecule has 2 rings (SSSR count). The average molecular weight is 397 g/mol. The van der Waals surface area contributed by atoms with Crippen LogP contribution in [0.1, 0.15) is 30.0 Å². The Balaban J connectivity index is 2.23. The van der Waals surface area contributed by atoms with E-state index < -0.39 is 6.10 Å². The topological polar surface area (TPSA) is 38.0 Å². The van der Waals surface area contributed by atoms with Gasteiger partial charge in [0, 0.05) is 13.0 Å². The van der Waals surface area contributed by atoms with E-state index in [4.69, 9.17) is 11.6 Å². The first-order valence-electron chi connectivity index (χ1n) is 5.66. The third kappa shape index (κ3) is 2.89. The van der Waals surface area contributed by atoms with E-state index in [1.165, 1.54) is 2.88 Å². The molecule has 0 spiro atoms. The van der Waals surface area contributed by atoms with Gasteiger partial charge in [0.2, 0.25) is 0 Å². The Morgan fingerprint density at radius 2 is 2.33 bits per heavy atom. The summed E-state index contributed by atoms with van der Waals surface area (Å²) in [5, 5.41) is 17.3. The Morgan fingerprint density at radius 3 is 2.89 bits per heavy atom. The van der Waals surface area contributed by atoms with Crippen LogP contribution in [0.2, 0.25) is 5.02 Å². The summed E-state index contributed by atoms with van der Waals surface area (Å²) in [6.07, 6.45) is -0.0241. The molecule has 0 fully saturated rings. The lowest BCUT2D eigenvalue weighted by molar-refractivity contribution is 0.176. The Bertz CT molecular complexity index is 552. The van der Waals surface area contributed by atoms with Gasteiger partial charge in [0.05, 0.1) is 25.4 Å². The van der Waals surface area contributed by atoms with E-state index in [1.54, 1.807) is 11.3 Å². The molecule has 0 aliphatic rings. The fourth-order valence-electron chi connectivity index (χ4n) is 1.86. The molecule has 0 saturated heterocycles. The quantitative estimate of drug-likeness (QED) is 0.798. The van der Waals surface area contributed by atoms with Gasteiger partial charge in [-0.1, -0.05) is 11.6 Å². The molecule has 0 radical (unpaired) electrons. The van der Waals surface area contributed by atoms with Crippen LogP contribution >= 0.6 is 45.5 Å². The highest BCUT2D eigenvalue weighted by molar-refractivity contribution is 14.1. The van der Waals surface area contributed by atoms with Crippen LogP contribution in [-0.2, 0) is 13.0 Å². The van der Waals surface area contributed by atoms with Gasteiger partial charge in [-0.05, 0) is 53.4 Å². The standard InChI is InChI=1S/C12H14ClIN2OS/c1-3-16-9(12(13)7(2)15-16)5-10(17)8-4-11(14)18-6-8/h4,6,10,17H,3,5H2,1-2H3. The SMILES string of the molecule is CCn1nc(C)c(Cl)c1CC(O)c1csc(I)c1. The first-order valence-corrected chi connectivity index (χ1v) is 8.00. The van der Waals surface area contributed by atoms with Gasteiger partial charge in [-0.25, -0.2) is 0 Å². The van der Waals surface area contributed by atoms with Crippen LogP contribution in [0.5, 0.6) is 0 Å². The Kier molecular flexibility index (Phi) is 4.69. The molecule has 0 amide bonds. The summed E-state index contributed by atoms with van der Waals surface area (Å²) in [6, 6.07) is 2.00. The monoisotopic (exact) mass is 396 g/mol. The van der Waals surface area contributed by atoms with Crippen LogP contribution in [0.25, 0.3) is 0 Å². The molecule has 0 bridgehead atoms. The summed E-state index contributed by atoms with van der Waals surface area (Å²) < 4.78 is 3.03. The number of nitrogens with zero attached hydrogens (tertiary/aromatic N) is 2. The van der Waals surface area contributed by atoms with E-state index in [-0.39, 0.29) is 0 Å². The summed E-state index contributed by atoms with van der Waals surface area (Å²) in [5.74, 6) is 0. The van der Waals surface area contributed by atoms with E-state index in [1.807, 2.05) is 30.0 Å². The lowest BCUT2D eigenvalue weighted by atomic mass is 10.1. The lowest BCUT2D eigenvalue weighted by Crippen LogP contribution is -2.08. The van der Waals surface area contributed by atoms with E-state index in [2.05, 4.69) is 27.7 Å². The highest BCUT2D eigenvalue weighted by Crippen LogP contribution is 2.28. The Labute approximate surface area is 129 Å².